The molecule has 3 aromatic carbocycles. The number of hydrogen-bond acceptors (Lipinski definition) is 7. The minimum Gasteiger partial charge on any atom is -0.446 e. The van der Waals surface area contributed by atoms with Crippen LogP contribution in [-0.4, -0.2) is 21.4 Å². The molecule has 0 radical (unpaired) electrons. The van der Waals surface area contributed by atoms with Crippen LogP contribution in [0.3, 0.4) is 0 Å². The van der Waals surface area contributed by atoms with E-state index in [2.05, 4.69) is 5.32 Å². The fraction of sp³-hybridized carbons (Fsp3) is 0.0870. The topological polar surface area (TPSA) is 134 Å². The van der Waals surface area contributed by atoms with Crippen LogP contribution in [0.1, 0.15) is 11.7 Å². The SMILES string of the molecule is O=C(Cn1c(=O)oc2cc([N+](=O)[O-])ccc21)OC(C(=O)Nc1ccc(F)cc1)c1ccccc1. The summed E-state index contributed by atoms with van der Waals surface area (Å²) in [7, 11) is 0. The molecule has 1 N–H and O–H groups in total. The first kappa shape index (κ1) is 22.4. The van der Waals surface area contributed by atoms with E-state index in [1.807, 2.05) is 0 Å². The molecule has 1 aromatic heterocycles. The number of benzene rings is 3. The lowest BCUT2D eigenvalue weighted by molar-refractivity contribution is -0.384. The average Bonchev–Trinajstić information content (AvgIpc) is 3.13. The van der Waals surface area contributed by atoms with E-state index >= 15 is 0 Å². The van der Waals surface area contributed by atoms with E-state index in [4.69, 9.17) is 9.15 Å². The Morgan fingerprint density at radius 2 is 1.79 bits per heavy atom. The van der Waals surface area contributed by atoms with Crippen LogP contribution in [-0.2, 0) is 20.9 Å². The van der Waals surface area contributed by atoms with Crippen molar-refractivity contribution in [1.29, 1.82) is 0 Å². The van der Waals surface area contributed by atoms with Crippen LogP contribution in [0.25, 0.3) is 11.1 Å². The molecule has 4 aromatic rings. The number of rotatable bonds is 7. The summed E-state index contributed by atoms with van der Waals surface area (Å²) < 4.78 is 24.5. The summed E-state index contributed by atoms with van der Waals surface area (Å²) in [6, 6.07) is 16.8. The average molecular weight is 465 g/mol. The maximum atomic E-state index is 13.2. The molecule has 0 aliphatic rings. The van der Waals surface area contributed by atoms with E-state index in [9.17, 15) is 28.9 Å². The molecule has 1 unspecified atom stereocenters. The first-order chi connectivity index (χ1) is 16.3. The molecular formula is C23H16FN3O7. The molecule has 1 atom stereocenters. The Morgan fingerprint density at radius 3 is 2.47 bits per heavy atom. The number of nitro groups is 1. The Hall–Kier alpha value is -4.80. The van der Waals surface area contributed by atoms with Crippen molar-refractivity contribution < 1.29 is 28.1 Å². The number of aromatic nitrogens is 1. The fourth-order valence-corrected chi connectivity index (χ4v) is 3.26. The molecule has 1 amide bonds. The zero-order valence-electron chi connectivity index (χ0n) is 17.3. The van der Waals surface area contributed by atoms with Gasteiger partial charge in [-0.25, -0.2) is 9.18 Å². The largest absolute Gasteiger partial charge is 0.446 e. The van der Waals surface area contributed by atoms with Crippen molar-refractivity contribution in [2.45, 2.75) is 12.6 Å². The number of nitrogens with zero attached hydrogens (tertiary/aromatic N) is 2. The van der Waals surface area contributed by atoms with Gasteiger partial charge in [0.1, 0.15) is 12.4 Å². The lowest BCUT2D eigenvalue weighted by Crippen LogP contribution is -2.29. The molecule has 0 aliphatic carbocycles. The monoisotopic (exact) mass is 465 g/mol. The Labute approximate surface area is 190 Å². The molecule has 0 bridgehead atoms. The number of nitrogens with one attached hydrogen (secondary N) is 1. The zero-order chi connectivity index (χ0) is 24.2. The molecular weight excluding hydrogens is 449 g/mol. The van der Waals surface area contributed by atoms with Crippen molar-refractivity contribution in [3.05, 3.63) is 105 Å². The normalized spacial score (nSPS) is 11.7. The first-order valence-corrected chi connectivity index (χ1v) is 9.90. The fourth-order valence-electron chi connectivity index (χ4n) is 3.26. The molecule has 0 spiro atoms. The van der Waals surface area contributed by atoms with Crippen LogP contribution < -0.4 is 11.1 Å². The summed E-state index contributed by atoms with van der Waals surface area (Å²) >= 11 is 0. The van der Waals surface area contributed by atoms with Gasteiger partial charge >= 0.3 is 11.7 Å². The molecule has 0 saturated carbocycles. The number of hydrogen-bond donors (Lipinski definition) is 1. The summed E-state index contributed by atoms with van der Waals surface area (Å²) in [5.74, 6) is -3.01. The summed E-state index contributed by atoms with van der Waals surface area (Å²) in [4.78, 5) is 48.1. The standard InChI is InChI=1S/C23H16FN3O7/c24-15-6-8-16(9-7-15)25-22(29)21(14-4-2-1-3-5-14)34-20(28)13-26-18-11-10-17(27(31)32)12-19(18)33-23(26)30/h1-12,21H,13H2,(H,25,29). The molecule has 11 heteroatoms. The molecule has 1 heterocycles. The van der Waals surface area contributed by atoms with Gasteiger partial charge in [-0.05, 0) is 30.3 Å². The maximum absolute atomic E-state index is 13.2. The van der Waals surface area contributed by atoms with Gasteiger partial charge in [-0.2, -0.15) is 0 Å². The summed E-state index contributed by atoms with van der Waals surface area (Å²) in [6.45, 7) is -0.600. The number of halogens is 1. The van der Waals surface area contributed by atoms with Crippen molar-refractivity contribution >= 4 is 34.4 Å². The third kappa shape index (κ3) is 4.83. The zero-order valence-corrected chi connectivity index (χ0v) is 17.3. The molecule has 10 nitrogen and oxygen atoms in total. The van der Waals surface area contributed by atoms with Crippen LogP contribution in [0.5, 0.6) is 0 Å². The minimum absolute atomic E-state index is 0.0688. The van der Waals surface area contributed by atoms with Gasteiger partial charge in [-0.15, -0.1) is 0 Å². The van der Waals surface area contributed by atoms with Crippen LogP contribution >= 0.6 is 0 Å². The third-order valence-electron chi connectivity index (χ3n) is 4.85. The number of anilines is 1. The van der Waals surface area contributed by atoms with Crippen molar-refractivity contribution in [3.63, 3.8) is 0 Å². The smallest absolute Gasteiger partial charge is 0.420 e. The lowest BCUT2D eigenvalue weighted by Gasteiger charge is -2.18. The second-order valence-corrected chi connectivity index (χ2v) is 7.14. The minimum atomic E-state index is -1.37. The second kappa shape index (κ2) is 9.36. The van der Waals surface area contributed by atoms with Gasteiger partial charge in [0, 0.05) is 17.3 Å². The van der Waals surface area contributed by atoms with Crippen molar-refractivity contribution in [2.75, 3.05) is 5.32 Å². The van der Waals surface area contributed by atoms with Gasteiger partial charge in [0.2, 0.25) is 6.10 Å². The summed E-state index contributed by atoms with van der Waals surface area (Å²) in [6.07, 6.45) is -1.37. The highest BCUT2D eigenvalue weighted by atomic mass is 19.1. The van der Waals surface area contributed by atoms with Crippen LogP contribution in [0, 0.1) is 15.9 Å². The Kier molecular flexibility index (Phi) is 6.17. The number of carbonyl (C=O) groups is 2. The van der Waals surface area contributed by atoms with Gasteiger partial charge in [0.15, 0.2) is 5.58 Å². The highest BCUT2D eigenvalue weighted by molar-refractivity contribution is 5.96. The number of oxazole rings is 1. The van der Waals surface area contributed by atoms with E-state index in [0.717, 1.165) is 10.6 Å². The van der Waals surface area contributed by atoms with Crippen LogP contribution in [0.2, 0.25) is 0 Å². The van der Waals surface area contributed by atoms with Gasteiger partial charge in [-0.3, -0.25) is 24.3 Å². The van der Waals surface area contributed by atoms with Gasteiger partial charge in [0.05, 0.1) is 16.5 Å². The van der Waals surface area contributed by atoms with E-state index in [0.29, 0.717) is 11.3 Å². The maximum Gasteiger partial charge on any atom is 0.420 e. The van der Waals surface area contributed by atoms with Crippen LogP contribution in [0.4, 0.5) is 15.8 Å². The molecule has 172 valence electrons. The Balaban J connectivity index is 1.57. The second-order valence-electron chi connectivity index (χ2n) is 7.14. The summed E-state index contributed by atoms with van der Waals surface area (Å²) in [5.41, 5.74) is 0.468. The van der Waals surface area contributed by atoms with Crippen molar-refractivity contribution in [1.82, 2.24) is 4.57 Å². The number of non-ortho nitro benzene ring substituents is 1. The van der Waals surface area contributed by atoms with Gasteiger partial charge in [-0.1, -0.05) is 30.3 Å². The third-order valence-corrected chi connectivity index (χ3v) is 4.85. The molecule has 0 fully saturated rings. The van der Waals surface area contributed by atoms with E-state index in [-0.39, 0.29) is 16.8 Å². The summed E-state index contributed by atoms with van der Waals surface area (Å²) in [5, 5.41) is 13.5. The van der Waals surface area contributed by atoms with E-state index in [1.54, 1.807) is 30.3 Å². The number of fused-ring (bicyclic) bond motifs is 1. The Bertz CT molecular complexity index is 1430. The Morgan fingerprint density at radius 1 is 1.09 bits per heavy atom. The predicted molar refractivity (Wildman–Crippen MR) is 117 cm³/mol. The predicted octanol–water partition coefficient (Wildman–Crippen LogP) is 3.57. The number of esters is 1. The molecule has 4 rings (SSSR count). The van der Waals surface area contributed by atoms with Crippen molar-refractivity contribution in [2.24, 2.45) is 0 Å². The van der Waals surface area contributed by atoms with E-state index in [1.165, 1.54) is 36.4 Å². The highest BCUT2D eigenvalue weighted by Crippen LogP contribution is 2.23. The lowest BCUT2D eigenvalue weighted by atomic mass is 10.1. The molecule has 34 heavy (non-hydrogen) atoms. The highest BCUT2D eigenvalue weighted by Gasteiger charge is 2.26. The quantitative estimate of drug-likeness (QED) is 0.251. The number of carbonyl (C=O) groups excluding carboxylic acids is 2. The molecule has 0 aliphatic heterocycles. The van der Waals surface area contributed by atoms with Crippen molar-refractivity contribution in [3.8, 4) is 0 Å². The van der Waals surface area contributed by atoms with E-state index < -0.39 is 41.0 Å². The number of nitro benzene ring substituents is 1. The number of amides is 1. The van der Waals surface area contributed by atoms with Gasteiger partial charge < -0.3 is 14.5 Å². The molecule has 0 saturated heterocycles. The first-order valence-electron chi connectivity index (χ1n) is 9.90. The van der Waals surface area contributed by atoms with Gasteiger partial charge in [0.25, 0.3) is 11.6 Å². The van der Waals surface area contributed by atoms with Crippen LogP contribution in [0.15, 0.2) is 82.0 Å². The number of ether oxygens (including phenoxy) is 1.